The molecule has 17 heavy (non-hydrogen) atoms. The van der Waals surface area contributed by atoms with E-state index in [0.29, 0.717) is 6.42 Å². The highest BCUT2D eigenvalue weighted by Gasteiger charge is 2.22. The molecule has 0 aliphatic heterocycles. The lowest BCUT2D eigenvalue weighted by Gasteiger charge is -2.12. The van der Waals surface area contributed by atoms with Gasteiger partial charge in [0.1, 0.15) is 5.75 Å². The lowest BCUT2D eigenvalue weighted by Crippen LogP contribution is -1.99. The molecule has 0 saturated heterocycles. The van der Waals surface area contributed by atoms with E-state index in [2.05, 4.69) is 4.52 Å². The summed E-state index contributed by atoms with van der Waals surface area (Å²) in [5.41, 5.74) is 0.0691. The van der Waals surface area contributed by atoms with E-state index in [9.17, 15) is 14.3 Å². The third-order valence-corrected chi connectivity index (χ3v) is 2.73. The fourth-order valence-corrected chi connectivity index (χ4v) is 1.88. The number of rotatable bonds is 6. The van der Waals surface area contributed by atoms with E-state index in [0.717, 1.165) is 0 Å². The molecule has 0 aromatic heterocycles. The van der Waals surface area contributed by atoms with Crippen LogP contribution in [0.1, 0.15) is 23.7 Å². The predicted octanol–water partition coefficient (Wildman–Crippen LogP) is 2.29. The molecule has 0 bridgehead atoms. The van der Waals surface area contributed by atoms with Gasteiger partial charge in [0.25, 0.3) is 0 Å². The van der Waals surface area contributed by atoms with E-state index in [1.165, 1.54) is 24.3 Å². The Kier molecular flexibility index (Phi) is 4.69. The van der Waals surface area contributed by atoms with Crippen LogP contribution in [0.4, 0.5) is 0 Å². The average Bonchev–Trinajstić information content (AvgIpc) is 2.26. The van der Waals surface area contributed by atoms with Gasteiger partial charge in [0.15, 0.2) is 0 Å². The number of hydrogen-bond acceptors (Lipinski definition) is 4. The molecule has 94 valence electrons. The summed E-state index contributed by atoms with van der Waals surface area (Å²) >= 11 is 0. The Hall–Kier alpha value is -1.36. The Morgan fingerprint density at radius 2 is 1.94 bits per heavy atom. The molecular formula is C10H13O6P. The smallest absolute Gasteiger partial charge is 0.478 e. The molecule has 7 heteroatoms. The zero-order valence-electron chi connectivity index (χ0n) is 9.20. The number of carboxylic acids is 1. The van der Waals surface area contributed by atoms with Crippen LogP contribution in [0.25, 0.3) is 0 Å². The van der Waals surface area contributed by atoms with Crippen LogP contribution < -0.4 is 4.52 Å². The minimum atomic E-state index is -4.12. The number of phosphoric ester groups is 1. The highest BCUT2D eigenvalue weighted by atomic mass is 31.2. The van der Waals surface area contributed by atoms with E-state index in [1.54, 1.807) is 6.92 Å². The molecule has 0 radical (unpaired) electrons. The van der Waals surface area contributed by atoms with E-state index in [1.807, 2.05) is 0 Å². The molecule has 2 N–H and O–H groups in total. The quantitative estimate of drug-likeness (QED) is 0.762. The van der Waals surface area contributed by atoms with Gasteiger partial charge in [0.05, 0.1) is 12.2 Å². The van der Waals surface area contributed by atoms with Gasteiger partial charge in [-0.2, -0.15) is 0 Å². The highest BCUT2D eigenvalue weighted by Crippen LogP contribution is 2.43. The largest absolute Gasteiger partial charge is 0.527 e. The molecule has 1 unspecified atom stereocenters. The van der Waals surface area contributed by atoms with Crippen molar-refractivity contribution in [2.24, 2.45) is 0 Å². The van der Waals surface area contributed by atoms with Crippen molar-refractivity contribution in [1.82, 2.24) is 0 Å². The number of aromatic carboxylic acids is 1. The van der Waals surface area contributed by atoms with Crippen LogP contribution in [0.5, 0.6) is 5.75 Å². The van der Waals surface area contributed by atoms with E-state index in [-0.39, 0.29) is 17.9 Å². The van der Waals surface area contributed by atoms with Crippen LogP contribution in [0.2, 0.25) is 0 Å². The van der Waals surface area contributed by atoms with Crippen molar-refractivity contribution in [3.05, 3.63) is 29.8 Å². The minimum Gasteiger partial charge on any atom is -0.478 e. The molecular weight excluding hydrogens is 247 g/mol. The van der Waals surface area contributed by atoms with Crippen molar-refractivity contribution in [2.45, 2.75) is 13.3 Å². The molecule has 1 atom stereocenters. The van der Waals surface area contributed by atoms with Crippen molar-refractivity contribution in [1.29, 1.82) is 0 Å². The first kappa shape index (κ1) is 13.7. The third-order valence-electron chi connectivity index (χ3n) is 1.78. The third kappa shape index (κ3) is 4.56. The second-order valence-electron chi connectivity index (χ2n) is 3.22. The van der Waals surface area contributed by atoms with Crippen LogP contribution in [-0.4, -0.2) is 22.6 Å². The summed E-state index contributed by atoms with van der Waals surface area (Å²) in [6.45, 7) is 1.91. The summed E-state index contributed by atoms with van der Waals surface area (Å²) in [6.07, 6.45) is 0.589. The normalized spacial score (nSPS) is 14.0. The van der Waals surface area contributed by atoms with Crippen molar-refractivity contribution in [3.63, 3.8) is 0 Å². The van der Waals surface area contributed by atoms with Crippen LogP contribution in [0.15, 0.2) is 24.3 Å². The van der Waals surface area contributed by atoms with E-state index in [4.69, 9.17) is 9.63 Å². The minimum absolute atomic E-state index is 0.0691. The maximum absolute atomic E-state index is 11.4. The Morgan fingerprint density at radius 3 is 2.41 bits per heavy atom. The molecule has 0 aliphatic rings. The second-order valence-corrected chi connectivity index (χ2v) is 4.60. The number of hydrogen-bond donors (Lipinski definition) is 2. The number of carbonyl (C=O) groups is 1. The molecule has 0 amide bonds. The van der Waals surface area contributed by atoms with Crippen molar-refractivity contribution < 1.29 is 28.4 Å². The van der Waals surface area contributed by atoms with Crippen LogP contribution >= 0.6 is 7.82 Å². The molecule has 0 saturated carbocycles. The fourth-order valence-electron chi connectivity index (χ4n) is 1.02. The molecule has 0 spiro atoms. The van der Waals surface area contributed by atoms with Gasteiger partial charge in [-0.15, -0.1) is 0 Å². The molecule has 0 fully saturated rings. The Morgan fingerprint density at radius 1 is 1.35 bits per heavy atom. The van der Waals surface area contributed by atoms with E-state index < -0.39 is 13.8 Å². The van der Waals surface area contributed by atoms with Gasteiger partial charge in [-0.05, 0) is 30.7 Å². The first-order valence-corrected chi connectivity index (χ1v) is 6.44. The first-order valence-electron chi connectivity index (χ1n) is 4.95. The maximum Gasteiger partial charge on any atom is 0.527 e. The zero-order chi connectivity index (χ0) is 12.9. The zero-order valence-corrected chi connectivity index (χ0v) is 10.1. The molecule has 0 heterocycles. The number of phosphoric acid groups is 1. The Labute approximate surface area is 98.4 Å². The lowest BCUT2D eigenvalue weighted by atomic mass is 10.2. The average molecular weight is 260 g/mol. The lowest BCUT2D eigenvalue weighted by molar-refractivity contribution is 0.0697. The highest BCUT2D eigenvalue weighted by molar-refractivity contribution is 7.47. The van der Waals surface area contributed by atoms with Gasteiger partial charge in [-0.1, -0.05) is 6.92 Å². The molecule has 1 aromatic rings. The fraction of sp³-hybridized carbons (Fsp3) is 0.300. The Balaban J connectivity index is 2.68. The van der Waals surface area contributed by atoms with Crippen LogP contribution in [0.3, 0.4) is 0 Å². The van der Waals surface area contributed by atoms with Crippen LogP contribution in [-0.2, 0) is 9.09 Å². The van der Waals surface area contributed by atoms with Crippen molar-refractivity contribution >= 4 is 13.8 Å². The van der Waals surface area contributed by atoms with E-state index >= 15 is 0 Å². The monoisotopic (exact) mass is 260 g/mol. The van der Waals surface area contributed by atoms with Crippen LogP contribution in [0, 0.1) is 0 Å². The summed E-state index contributed by atoms with van der Waals surface area (Å²) in [5, 5.41) is 8.65. The standard InChI is InChI=1S/C10H13O6P/c1-2-7-15-17(13,14)16-9-5-3-8(4-6-9)10(11)12/h3-6H,2,7H2,1H3,(H,11,12)(H,13,14). The summed E-state index contributed by atoms with van der Waals surface area (Å²) in [6, 6.07) is 5.14. The maximum atomic E-state index is 11.4. The van der Waals surface area contributed by atoms with Gasteiger partial charge in [-0.25, -0.2) is 9.36 Å². The molecule has 0 aliphatic carbocycles. The number of benzene rings is 1. The van der Waals surface area contributed by atoms with Gasteiger partial charge in [0, 0.05) is 0 Å². The Bertz CT molecular complexity index is 427. The van der Waals surface area contributed by atoms with Gasteiger partial charge in [-0.3, -0.25) is 9.42 Å². The predicted molar refractivity (Wildman–Crippen MR) is 60.1 cm³/mol. The summed E-state index contributed by atoms with van der Waals surface area (Å²) in [7, 11) is -4.12. The van der Waals surface area contributed by atoms with Crippen molar-refractivity contribution in [3.8, 4) is 5.75 Å². The molecule has 1 aromatic carbocycles. The summed E-state index contributed by atoms with van der Waals surface area (Å²) in [5.74, 6) is -0.997. The molecule has 6 nitrogen and oxygen atoms in total. The SMILES string of the molecule is CCCOP(=O)(O)Oc1ccc(C(=O)O)cc1. The first-order chi connectivity index (χ1) is 7.94. The van der Waals surface area contributed by atoms with Crippen molar-refractivity contribution in [2.75, 3.05) is 6.61 Å². The van der Waals surface area contributed by atoms with Gasteiger partial charge < -0.3 is 9.63 Å². The van der Waals surface area contributed by atoms with Gasteiger partial charge in [0.2, 0.25) is 0 Å². The molecule has 1 rings (SSSR count). The van der Waals surface area contributed by atoms with Gasteiger partial charge >= 0.3 is 13.8 Å². The number of carboxylic acid groups (broad SMARTS) is 1. The summed E-state index contributed by atoms with van der Waals surface area (Å²) < 4.78 is 20.7. The topological polar surface area (TPSA) is 93.1 Å². The summed E-state index contributed by atoms with van der Waals surface area (Å²) in [4.78, 5) is 19.8. The second kappa shape index (κ2) is 5.82.